The van der Waals surface area contributed by atoms with E-state index in [1.165, 1.54) is 17.0 Å². The fraction of sp³-hybridized carbons (Fsp3) is 0.333. The lowest BCUT2D eigenvalue weighted by Gasteiger charge is -2.32. The third kappa shape index (κ3) is 6.81. The van der Waals surface area contributed by atoms with Gasteiger partial charge in [-0.2, -0.15) is 0 Å². The Bertz CT molecular complexity index is 1340. The average Bonchev–Trinajstić information content (AvgIpc) is 2.91. The Balaban J connectivity index is 2.04. The number of hydrogen-bond acceptors (Lipinski definition) is 4. The van der Waals surface area contributed by atoms with Crippen molar-refractivity contribution < 1.29 is 18.0 Å². The third-order valence-corrected chi connectivity index (χ3v) is 8.37. The van der Waals surface area contributed by atoms with Crippen molar-refractivity contribution in [2.24, 2.45) is 0 Å². The van der Waals surface area contributed by atoms with Gasteiger partial charge in [0.2, 0.25) is 11.8 Å². The van der Waals surface area contributed by atoms with E-state index in [0.717, 1.165) is 21.0 Å². The summed E-state index contributed by atoms with van der Waals surface area (Å²) in [5, 5.41) is 2.77. The molecule has 8 heteroatoms. The van der Waals surface area contributed by atoms with Gasteiger partial charge in [0, 0.05) is 13.1 Å². The molecule has 1 atom stereocenters. The van der Waals surface area contributed by atoms with Crippen molar-refractivity contribution >= 4 is 27.5 Å². The molecule has 7 nitrogen and oxygen atoms in total. The fourth-order valence-corrected chi connectivity index (χ4v) is 5.58. The second kappa shape index (κ2) is 12.7. The number of amides is 2. The molecule has 0 unspecified atom stereocenters. The van der Waals surface area contributed by atoms with E-state index in [-0.39, 0.29) is 23.3 Å². The highest BCUT2D eigenvalue weighted by molar-refractivity contribution is 7.92. The summed E-state index contributed by atoms with van der Waals surface area (Å²) in [6.45, 7) is 9.68. The molecular formula is C30H37N3O4S. The van der Waals surface area contributed by atoms with Crippen molar-refractivity contribution in [1.82, 2.24) is 10.2 Å². The zero-order valence-electron chi connectivity index (χ0n) is 22.7. The van der Waals surface area contributed by atoms with Crippen molar-refractivity contribution in [2.45, 2.75) is 58.0 Å². The molecule has 0 fully saturated rings. The quantitative estimate of drug-likeness (QED) is 0.380. The number of benzene rings is 3. The lowest BCUT2D eigenvalue weighted by Crippen LogP contribution is -2.51. The van der Waals surface area contributed by atoms with Gasteiger partial charge in [0.25, 0.3) is 10.0 Å². The van der Waals surface area contributed by atoms with Gasteiger partial charge in [-0.1, -0.05) is 68.4 Å². The van der Waals surface area contributed by atoms with E-state index in [4.69, 9.17) is 0 Å². The van der Waals surface area contributed by atoms with Crippen LogP contribution in [0.3, 0.4) is 0 Å². The van der Waals surface area contributed by atoms with Crippen LogP contribution in [0.2, 0.25) is 0 Å². The topological polar surface area (TPSA) is 86.8 Å². The van der Waals surface area contributed by atoms with E-state index in [1.807, 2.05) is 50.2 Å². The summed E-state index contributed by atoms with van der Waals surface area (Å²) in [4.78, 5) is 28.2. The van der Waals surface area contributed by atoms with Crippen LogP contribution >= 0.6 is 0 Å². The first kappa shape index (κ1) is 28.9. The standard InChI is InChI=1S/C30H37N3O4S/c1-6-31-30(35)24(5)32(20-26-13-11-10-12-23(26)4)29(34)21-33(27-18-16-25(17-19-27)22(2)3)38(36,37)28-14-8-7-9-15-28/h7-19,22,24H,6,20-21H2,1-5H3,(H,31,35)/t24-/m1/s1. The summed E-state index contributed by atoms with van der Waals surface area (Å²) in [5.41, 5.74) is 3.30. The number of hydrogen-bond donors (Lipinski definition) is 1. The van der Waals surface area contributed by atoms with E-state index in [1.54, 1.807) is 37.3 Å². The minimum atomic E-state index is -4.07. The van der Waals surface area contributed by atoms with Gasteiger partial charge in [0.1, 0.15) is 12.6 Å². The molecule has 0 aliphatic heterocycles. The largest absolute Gasteiger partial charge is 0.355 e. The normalized spacial score (nSPS) is 12.2. The number of nitrogens with one attached hydrogen (secondary N) is 1. The lowest BCUT2D eigenvalue weighted by molar-refractivity contribution is -0.139. The number of sulfonamides is 1. The molecule has 0 aliphatic carbocycles. The van der Waals surface area contributed by atoms with E-state index < -0.39 is 28.5 Å². The fourth-order valence-electron chi connectivity index (χ4n) is 4.15. The lowest BCUT2D eigenvalue weighted by atomic mass is 10.0. The molecule has 38 heavy (non-hydrogen) atoms. The van der Waals surface area contributed by atoms with Crippen molar-refractivity contribution in [2.75, 3.05) is 17.4 Å². The maximum atomic E-state index is 13.9. The summed E-state index contributed by atoms with van der Waals surface area (Å²) in [6.07, 6.45) is 0. The van der Waals surface area contributed by atoms with Crippen molar-refractivity contribution in [3.05, 3.63) is 95.6 Å². The van der Waals surface area contributed by atoms with Gasteiger partial charge in [-0.3, -0.25) is 13.9 Å². The Morgan fingerprint density at radius 3 is 2.05 bits per heavy atom. The van der Waals surface area contributed by atoms with Crippen LogP contribution in [-0.4, -0.2) is 44.3 Å². The number of carbonyl (C=O) groups excluding carboxylic acids is 2. The number of carbonyl (C=O) groups is 2. The molecule has 0 saturated heterocycles. The molecule has 0 saturated carbocycles. The Morgan fingerprint density at radius 2 is 1.47 bits per heavy atom. The second-order valence-corrected chi connectivity index (χ2v) is 11.5. The number of nitrogens with zero attached hydrogens (tertiary/aromatic N) is 2. The van der Waals surface area contributed by atoms with E-state index >= 15 is 0 Å². The van der Waals surface area contributed by atoms with Crippen LogP contribution in [0.25, 0.3) is 0 Å². The highest BCUT2D eigenvalue weighted by Crippen LogP contribution is 2.26. The number of aryl methyl sites for hydroxylation is 1. The van der Waals surface area contributed by atoms with Gasteiger partial charge in [-0.25, -0.2) is 8.42 Å². The molecule has 202 valence electrons. The SMILES string of the molecule is CCNC(=O)[C@@H](C)N(Cc1ccccc1C)C(=O)CN(c1ccc(C(C)C)cc1)S(=O)(=O)c1ccccc1. The van der Waals surface area contributed by atoms with Crippen molar-refractivity contribution in [3.63, 3.8) is 0 Å². The first-order chi connectivity index (χ1) is 18.1. The Morgan fingerprint density at radius 1 is 0.868 bits per heavy atom. The summed E-state index contributed by atoms with van der Waals surface area (Å²) in [7, 11) is -4.07. The molecular weight excluding hydrogens is 498 g/mol. The van der Waals surface area contributed by atoms with E-state index in [2.05, 4.69) is 19.2 Å². The van der Waals surface area contributed by atoms with Crippen LogP contribution in [0.4, 0.5) is 5.69 Å². The zero-order valence-corrected chi connectivity index (χ0v) is 23.5. The molecule has 3 rings (SSSR count). The van der Waals surface area contributed by atoms with Crippen molar-refractivity contribution in [3.8, 4) is 0 Å². The summed E-state index contributed by atoms with van der Waals surface area (Å²) in [6, 6.07) is 22.1. The third-order valence-electron chi connectivity index (χ3n) is 6.58. The van der Waals surface area contributed by atoms with Crippen LogP contribution in [0.1, 0.15) is 50.3 Å². The smallest absolute Gasteiger partial charge is 0.264 e. The molecule has 3 aromatic rings. The Kier molecular flexibility index (Phi) is 9.69. The molecule has 1 N–H and O–H groups in total. The van der Waals surface area contributed by atoms with E-state index in [9.17, 15) is 18.0 Å². The minimum Gasteiger partial charge on any atom is -0.355 e. The van der Waals surface area contributed by atoms with Gasteiger partial charge >= 0.3 is 0 Å². The summed E-state index contributed by atoms with van der Waals surface area (Å²) in [5.74, 6) is -0.500. The van der Waals surface area contributed by atoms with Crippen LogP contribution in [0.15, 0.2) is 83.8 Å². The van der Waals surface area contributed by atoms with Gasteiger partial charge < -0.3 is 10.2 Å². The highest BCUT2D eigenvalue weighted by Gasteiger charge is 2.32. The number of anilines is 1. The van der Waals surface area contributed by atoms with Crippen molar-refractivity contribution in [1.29, 1.82) is 0 Å². The Hall–Kier alpha value is -3.65. The second-order valence-electron chi connectivity index (χ2n) is 9.59. The molecule has 0 radical (unpaired) electrons. The van der Waals surface area contributed by atoms with Gasteiger partial charge in [0.05, 0.1) is 10.6 Å². The van der Waals surface area contributed by atoms with Crippen LogP contribution in [-0.2, 0) is 26.2 Å². The van der Waals surface area contributed by atoms with Crippen LogP contribution < -0.4 is 9.62 Å². The minimum absolute atomic E-state index is 0.0861. The predicted octanol–water partition coefficient (Wildman–Crippen LogP) is 4.87. The van der Waals surface area contributed by atoms with Gasteiger partial charge in [0.15, 0.2) is 0 Å². The molecule has 0 bridgehead atoms. The first-order valence-electron chi connectivity index (χ1n) is 12.9. The number of rotatable bonds is 11. The summed E-state index contributed by atoms with van der Waals surface area (Å²) >= 11 is 0. The first-order valence-corrected chi connectivity index (χ1v) is 14.3. The van der Waals surface area contributed by atoms with Gasteiger partial charge in [-0.05, 0) is 67.6 Å². The Labute approximate surface area is 226 Å². The monoisotopic (exact) mass is 535 g/mol. The predicted molar refractivity (Wildman–Crippen MR) is 151 cm³/mol. The average molecular weight is 536 g/mol. The van der Waals surface area contributed by atoms with E-state index in [0.29, 0.717) is 12.2 Å². The maximum absolute atomic E-state index is 13.9. The van der Waals surface area contributed by atoms with Crippen LogP contribution in [0.5, 0.6) is 0 Å². The van der Waals surface area contributed by atoms with Crippen LogP contribution in [0, 0.1) is 6.92 Å². The zero-order chi connectivity index (χ0) is 27.9. The molecule has 0 aliphatic rings. The number of likely N-dealkylation sites (N-methyl/N-ethyl adjacent to an activating group) is 1. The molecule has 3 aromatic carbocycles. The highest BCUT2D eigenvalue weighted by atomic mass is 32.2. The maximum Gasteiger partial charge on any atom is 0.264 e. The molecule has 0 heterocycles. The van der Waals surface area contributed by atoms with Gasteiger partial charge in [-0.15, -0.1) is 0 Å². The molecule has 0 aromatic heterocycles. The molecule has 2 amide bonds. The summed E-state index contributed by atoms with van der Waals surface area (Å²) < 4.78 is 28.7. The molecule has 0 spiro atoms.